The fraction of sp³-hybridized carbons (Fsp3) is 0.278. The largest absolute Gasteiger partial charge is 0.399 e. The standard InChI is InChI=1S/C18H17Cl2N3O2/c19-13-9-11(21)10-14(20)18(13)22-6-3-16-15(22)1-2-17(24)23(16)12-4-7-25-8-5-12/h1-3,6,9-10,12H,4-5,7-8,21H2. The third kappa shape index (κ3) is 2.82. The van der Waals surface area contributed by atoms with Crippen LogP contribution in [0.5, 0.6) is 0 Å². The summed E-state index contributed by atoms with van der Waals surface area (Å²) in [4.78, 5) is 12.5. The van der Waals surface area contributed by atoms with Gasteiger partial charge in [-0.15, -0.1) is 0 Å². The highest BCUT2D eigenvalue weighted by Gasteiger charge is 2.21. The Bertz CT molecular complexity index is 980. The van der Waals surface area contributed by atoms with Gasteiger partial charge in [-0.1, -0.05) is 23.2 Å². The Morgan fingerprint density at radius 2 is 1.72 bits per heavy atom. The molecule has 3 aromatic rings. The summed E-state index contributed by atoms with van der Waals surface area (Å²) in [5.41, 5.74) is 8.70. The molecule has 5 nitrogen and oxygen atoms in total. The second kappa shape index (κ2) is 6.41. The third-order valence-electron chi connectivity index (χ3n) is 4.62. The summed E-state index contributed by atoms with van der Waals surface area (Å²) in [6, 6.07) is 8.80. The van der Waals surface area contributed by atoms with Crippen LogP contribution in [0.25, 0.3) is 16.7 Å². The number of benzene rings is 1. The van der Waals surface area contributed by atoms with Crippen LogP contribution < -0.4 is 11.3 Å². The van der Waals surface area contributed by atoms with Crippen LogP contribution in [0.1, 0.15) is 18.9 Å². The van der Waals surface area contributed by atoms with Crippen LogP contribution in [0.15, 0.2) is 41.3 Å². The lowest BCUT2D eigenvalue weighted by Crippen LogP contribution is -2.28. The molecule has 1 aliphatic heterocycles. The second-order valence-electron chi connectivity index (χ2n) is 6.17. The number of nitrogen functional groups attached to an aromatic ring is 1. The number of nitrogens with two attached hydrogens (primary N) is 1. The van der Waals surface area contributed by atoms with Gasteiger partial charge < -0.3 is 19.6 Å². The van der Waals surface area contributed by atoms with Gasteiger partial charge in [0.2, 0.25) is 0 Å². The fourth-order valence-corrected chi connectivity index (χ4v) is 4.17. The monoisotopic (exact) mass is 377 g/mol. The molecule has 1 aliphatic rings. The van der Waals surface area contributed by atoms with E-state index in [1.54, 1.807) is 24.3 Å². The molecule has 0 bridgehead atoms. The maximum Gasteiger partial charge on any atom is 0.251 e. The van der Waals surface area contributed by atoms with Crippen molar-refractivity contribution < 1.29 is 4.74 Å². The average Bonchev–Trinajstić information content (AvgIpc) is 2.98. The fourth-order valence-electron chi connectivity index (χ4n) is 3.48. The molecule has 0 spiro atoms. The molecule has 1 aromatic carbocycles. The quantitative estimate of drug-likeness (QED) is 0.685. The molecule has 7 heteroatoms. The summed E-state index contributed by atoms with van der Waals surface area (Å²) >= 11 is 12.8. The van der Waals surface area contributed by atoms with Gasteiger partial charge in [0.15, 0.2) is 0 Å². The number of nitrogens with zero attached hydrogens (tertiary/aromatic N) is 2. The van der Waals surface area contributed by atoms with Crippen LogP contribution in [0.4, 0.5) is 5.69 Å². The van der Waals surface area contributed by atoms with E-state index >= 15 is 0 Å². The number of pyridine rings is 1. The zero-order valence-electron chi connectivity index (χ0n) is 13.4. The number of hydrogen-bond acceptors (Lipinski definition) is 3. The molecule has 3 heterocycles. The van der Waals surface area contributed by atoms with Crippen LogP contribution in [-0.2, 0) is 4.74 Å². The molecule has 0 amide bonds. The van der Waals surface area contributed by atoms with Crippen molar-refractivity contribution in [2.45, 2.75) is 18.9 Å². The van der Waals surface area contributed by atoms with Crippen LogP contribution in [-0.4, -0.2) is 22.3 Å². The zero-order chi connectivity index (χ0) is 17.6. The molecule has 0 aliphatic carbocycles. The molecular weight excluding hydrogens is 361 g/mol. The van der Waals surface area contributed by atoms with E-state index < -0.39 is 0 Å². The van der Waals surface area contributed by atoms with E-state index in [1.165, 1.54) is 0 Å². The predicted molar refractivity (Wildman–Crippen MR) is 101 cm³/mol. The maximum absolute atomic E-state index is 12.5. The van der Waals surface area contributed by atoms with Crippen molar-refractivity contribution in [2.75, 3.05) is 18.9 Å². The lowest BCUT2D eigenvalue weighted by atomic mass is 10.1. The molecule has 130 valence electrons. The van der Waals surface area contributed by atoms with Crippen LogP contribution in [0.2, 0.25) is 10.0 Å². The Morgan fingerprint density at radius 3 is 2.40 bits per heavy atom. The minimum Gasteiger partial charge on any atom is -0.399 e. The minimum absolute atomic E-state index is 0.00773. The Labute approximate surface area is 154 Å². The van der Waals surface area contributed by atoms with Gasteiger partial charge in [-0.2, -0.15) is 0 Å². The first-order valence-electron chi connectivity index (χ1n) is 8.11. The van der Waals surface area contributed by atoms with Gasteiger partial charge in [0.05, 0.1) is 26.8 Å². The van der Waals surface area contributed by atoms with Crippen molar-refractivity contribution in [3.63, 3.8) is 0 Å². The van der Waals surface area contributed by atoms with E-state index in [9.17, 15) is 4.79 Å². The van der Waals surface area contributed by atoms with Crippen LogP contribution in [0, 0.1) is 0 Å². The Balaban J connectivity index is 1.93. The number of ether oxygens (including phenoxy) is 1. The molecule has 2 aromatic heterocycles. The van der Waals surface area contributed by atoms with Crippen molar-refractivity contribution >= 4 is 39.9 Å². The predicted octanol–water partition coefficient (Wildman–Crippen LogP) is 4.03. The molecule has 0 saturated carbocycles. The maximum atomic E-state index is 12.5. The average molecular weight is 378 g/mol. The number of halogens is 2. The SMILES string of the molecule is Nc1cc(Cl)c(-n2ccc3c2ccc(=O)n3C2CCOCC2)c(Cl)c1. The molecule has 25 heavy (non-hydrogen) atoms. The molecule has 0 radical (unpaired) electrons. The second-order valence-corrected chi connectivity index (χ2v) is 6.99. The Morgan fingerprint density at radius 1 is 1.04 bits per heavy atom. The third-order valence-corrected chi connectivity index (χ3v) is 5.20. The highest BCUT2D eigenvalue weighted by Crippen LogP contribution is 2.34. The molecular formula is C18H17Cl2N3O2. The number of aromatic nitrogens is 2. The van der Waals surface area contributed by atoms with Gasteiger partial charge in [0, 0.05) is 37.2 Å². The highest BCUT2D eigenvalue weighted by molar-refractivity contribution is 6.38. The summed E-state index contributed by atoms with van der Waals surface area (Å²) in [6.07, 6.45) is 3.53. The van der Waals surface area contributed by atoms with Gasteiger partial charge in [-0.3, -0.25) is 4.79 Å². The molecule has 1 saturated heterocycles. The topological polar surface area (TPSA) is 62.2 Å². The molecule has 1 fully saturated rings. The smallest absolute Gasteiger partial charge is 0.251 e. The van der Waals surface area contributed by atoms with Crippen molar-refractivity contribution in [2.24, 2.45) is 0 Å². The van der Waals surface area contributed by atoms with Gasteiger partial charge in [0.25, 0.3) is 5.56 Å². The van der Waals surface area contributed by atoms with E-state index in [2.05, 4.69) is 0 Å². The zero-order valence-corrected chi connectivity index (χ0v) is 14.9. The van der Waals surface area contributed by atoms with Gasteiger partial charge in [-0.25, -0.2) is 0 Å². The summed E-state index contributed by atoms with van der Waals surface area (Å²) in [6.45, 7) is 1.34. The number of rotatable bonds is 2. The van der Waals surface area contributed by atoms with Crippen molar-refractivity contribution in [3.05, 3.63) is 56.9 Å². The highest BCUT2D eigenvalue weighted by atomic mass is 35.5. The van der Waals surface area contributed by atoms with E-state index in [4.69, 9.17) is 33.7 Å². The van der Waals surface area contributed by atoms with Gasteiger partial charge in [-0.05, 0) is 37.1 Å². The van der Waals surface area contributed by atoms with Crippen LogP contribution >= 0.6 is 23.2 Å². The first-order chi connectivity index (χ1) is 12.1. The van der Waals surface area contributed by atoms with E-state index in [-0.39, 0.29) is 11.6 Å². The first-order valence-corrected chi connectivity index (χ1v) is 8.87. The molecule has 0 atom stereocenters. The van der Waals surface area contributed by atoms with Crippen LogP contribution in [0.3, 0.4) is 0 Å². The van der Waals surface area contributed by atoms with E-state index in [0.717, 1.165) is 23.9 Å². The molecule has 0 unspecified atom stereocenters. The first kappa shape index (κ1) is 16.5. The van der Waals surface area contributed by atoms with E-state index in [0.29, 0.717) is 34.6 Å². The lowest BCUT2D eigenvalue weighted by molar-refractivity contribution is 0.0698. The summed E-state index contributed by atoms with van der Waals surface area (Å²) in [7, 11) is 0. The Hall–Kier alpha value is -1.95. The number of anilines is 1. The summed E-state index contributed by atoms with van der Waals surface area (Å²) < 4.78 is 9.18. The Kier molecular flexibility index (Phi) is 4.23. The number of hydrogen-bond donors (Lipinski definition) is 1. The summed E-state index contributed by atoms with van der Waals surface area (Å²) in [5, 5.41) is 0.928. The molecule has 4 rings (SSSR count). The minimum atomic E-state index is -0.00773. The normalized spacial score (nSPS) is 15.8. The summed E-state index contributed by atoms with van der Waals surface area (Å²) in [5.74, 6) is 0. The van der Waals surface area contributed by atoms with Gasteiger partial charge >= 0.3 is 0 Å². The van der Waals surface area contributed by atoms with Gasteiger partial charge in [0.1, 0.15) is 0 Å². The van der Waals surface area contributed by atoms with Crippen molar-refractivity contribution in [1.82, 2.24) is 9.13 Å². The van der Waals surface area contributed by atoms with E-state index in [1.807, 2.05) is 21.4 Å². The van der Waals surface area contributed by atoms with Crippen molar-refractivity contribution in [1.29, 1.82) is 0 Å². The number of fused-ring (bicyclic) bond motifs is 1. The van der Waals surface area contributed by atoms with Crippen molar-refractivity contribution in [3.8, 4) is 5.69 Å². The lowest BCUT2D eigenvalue weighted by Gasteiger charge is -2.25. The molecule has 2 N–H and O–H groups in total.